The van der Waals surface area contributed by atoms with Crippen LogP contribution in [0, 0.1) is 16.7 Å². The Hall–Kier alpha value is -1.57. The van der Waals surface area contributed by atoms with E-state index in [9.17, 15) is 0 Å². The number of hydrogen-bond acceptors (Lipinski definition) is 4. The van der Waals surface area contributed by atoms with E-state index < -0.39 is 0 Å². The molecule has 0 unspecified atom stereocenters. The second-order valence-corrected chi connectivity index (χ2v) is 5.05. The van der Waals surface area contributed by atoms with Gasteiger partial charge in [0, 0.05) is 18.5 Å². The van der Waals surface area contributed by atoms with Gasteiger partial charge in [-0.15, -0.1) is 0 Å². The highest BCUT2D eigenvalue weighted by molar-refractivity contribution is 5.45. The Kier molecular flexibility index (Phi) is 3.85. The van der Waals surface area contributed by atoms with Crippen molar-refractivity contribution in [3.05, 3.63) is 29.3 Å². The van der Waals surface area contributed by atoms with Crippen LogP contribution in [0.2, 0.25) is 0 Å². The lowest BCUT2D eigenvalue weighted by Crippen LogP contribution is -2.47. The van der Waals surface area contributed by atoms with Crippen molar-refractivity contribution < 1.29 is 9.47 Å². The number of benzene rings is 1. The zero-order valence-corrected chi connectivity index (χ0v) is 10.8. The Balaban J connectivity index is 1.91. The second-order valence-electron chi connectivity index (χ2n) is 5.05. The first-order valence-electron chi connectivity index (χ1n) is 6.02. The van der Waals surface area contributed by atoms with Crippen LogP contribution in [-0.2, 0) is 11.3 Å². The van der Waals surface area contributed by atoms with Gasteiger partial charge in [-0.05, 0) is 17.7 Å². The average molecular weight is 246 g/mol. The third kappa shape index (κ3) is 2.81. The van der Waals surface area contributed by atoms with E-state index in [1.165, 1.54) is 0 Å². The molecule has 2 rings (SSSR count). The van der Waals surface area contributed by atoms with Crippen LogP contribution < -0.4 is 10.1 Å². The summed E-state index contributed by atoms with van der Waals surface area (Å²) in [6.07, 6.45) is 0. The molecule has 0 saturated carbocycles. The van der Waals surface area contributed by atoms with Crippen molar-refractivity contribution in [2.24, 2.45) is 5.41 Å². The van der Waals surface area contributed by atoms with Crippen molar-refractivity contribution in [3.8, 4) is 11.8 Å². The van der Waals surface area contributed by atoms with Crippen LogP contribution in [0.5, 0.6) is 5.75 Å². The second kappa shape index (κ2) is 5.38. The SMILES string of the molecule is COc1cc(CNCC2(C)COC2)ccc1C#N. The standard InChI is InChI=1S/C14H18N2O2/c1-14(9-18-10-14)8-16-7-11-3-4-12(6-15)13(5-11)17-2/h3-5,16H,7-10H2,1-2H3. The fourth-order valence-corrected chi connectivity index (χ4v) is 2.00. The van der Waals surface area contributed by atoms with Crippen molar-refractivity contribution in [1.29, 1.82) is 5.26 Å². The summed E-state index contributed by atoms with van der Waals surface area (Å²) < 4.78 is 10.4. The third-order valence-corrected chi connectivity index (χ3v) is 3.17. The van der Waals surface area contributed by atoms with Crippen molar-refractivity contribution in [2.45, 2.75) is 13.5 Å². The molecule has 1 aliphatic rings. The molecule has 1 aliphatic heterocycles. The number of rotatable bonds is 5. The van der Waals surface area contributed by atoms with E-state index in [4.69, 9.17) is 14.7 Å². The van der Waals surface area contributed by atoms with Gasteiger partial charge in [-0.25, -0.2) is 0 Å². The van der Waals surface area contributed by atoms with E-state index >= 15 is 0 Å². The summed E-state index contributed by atoms with van der Waals surface area (Å²) in [6, 6.07) is 7.77. The summed E-state index contributed by atoms with van der Waals surface area (Å²) >= 11 is 0. The number of nitrogens with zero attached hydrogens (tertiary/aromatic N) is 1. The first-order valence-corrected chi connectivity index (χ1v) is 6.02. The van der Waals surface area contributed by atoms with Gasteiger partial charge >= 0.3 is 0 Å². The molecule has 0 atom stereocenters. The molecule has 0 radical (unpaired) electrons. The van der Waals surface area contributed by atoms with Crippen LogP contribution >= 0.6 is 0 Å². The zero-order chi connectivity index (χ0) is 13.0. The first-order chi connectivity index (χ1) is 8.67. The molecular weight excluding hydrogens is 228 g/mol. The fourth-order valence-electron chi connectivity index (χ4n) is 2.00. The van der Waals surface area contributed by atoms with E-state index in [0.29, 0.717) is 11.3 Å². The monoisotopic (exact) mass is 246 g/mol. The number of hydrogen-bond donors (Lipinski definition) is 1. The van der Waals surface area contributed by atoms with E-state index in [2.05, 4.69) is 18.3 Å². The summed E-state index contributed by atoms with van der Waals surface area (Å²) in [5, 5.41) is 12.3. The number of methoxy groups -OCH3 is 1. The van der Waals surface area contributed by atoms with E-state index in [1.54, 1.807) is 13.2 Å². The average Bonchev–Trinajstić information content (AvgIpc) is 2.36. The molecule has 1 N–H and O–H groups in total. The quantitative estimate of drug-likeness (QED) is 0.859. The molecule has 4 heteroatoms. The van der Waals surface area contributed by atoms with Crippen molar-refractivity contribution in [2.75, 3.05) is 26.9 Å². The van der Waals surface area contributed by atoms with Gasteiger partial charge in [-0.3, -0.25) is 0 Å². The minimum atomic E-state index is 0.274. The van der Waals surface area contributed by atoms with Crippen LogP contribution in [0.15, 0.2) is 18.2 Å². The zero-order valence-electron chi connectivity index (χ0n) is 10.8. The van der Waals surface area contributed by atoms with Crippen LogP contribution in [0.1, 0.15) is 18.1 Å². The molecule has 1 fully saturated rings. The third-order valence-electron chi connectivity index (χ3n) is 3.17. The predicted octanol–water partition coefficient (Wildman–Crippen LogP) is 1.69. The molecule has 1 aromatic carbocycles. The Labute approximate surface area is 108 Å². The molecule has 1 heterocycles. The van der Waals surface area contributed by atoms with E-state index in [0.717, 1.165) is 31.9 Å². The van der Waals surface area contributed by atoms with Gasteiger partial charge in [0.2, 0.25) is 0 Å². The highest BCUT2D eigenvalue weighted by Crippen LogP contribution is 2.25. The summed E-state index contributed by atoms with van der Waals surface area (Å²) in [5.41, 5.74) is 1.96. The lowest BCUT2D eigenvalue weighted by Gasteiger charge is -2.38. The van der Waals surface area contributed by atoms with Crippen LogP contribution in [0.4, 0.5) is 0 Å². The Morgan fingerprint density at radius 2 is 2.28 bits per heavy atom. The van der Waals surface area contributed by atoms with Crippen LogP contribution in [-0.4, -0.2) is 26.9 Å². The van der Waals surface area contributed by atoms with Crippen molar-refractivity contribution in [1.82, 2.24) is 5.32 Å². The summed E-state index contributed by atoms with van der Waals surface area (Å²) in [6.45, 7) is 5.59. The van der Waals surface area contributed by atoms with Gasteiger partial charge in [0.25, 0.3) is 0 Å². The molecule has 1 aromatic rings. The highest BCUT2D eigenvalue weighted by atomic mass is 16.5. The molecule has 0 amide bonds. The molecule has 4 nitrogen and oxygen atoms in total. The molecular formula is C14H18N2O2. The summed E-state index contributed by atoms with van der Waals surface area (Å²) in [5.74, 6) is 0.634. The van der Waals surface area contributed by atoms with Gasteiger partial charge in [0.15, 0.2) is 0 Å². The largest absolute Gasteiger partial charge is 0.495 e. The Morgan fingerprint density at radius 3 is 2.83 bits per heavy atom. The van der Waals surface area contributed by atoms with E-state index in [-0.39, 0.29) is 5.41 Å². The minimum absolute atomic E-state index is 0.274. The summed E-state index contributed by atoms with van der Waals surface area (Å²) in [4.78, 5) is 0. The molecule has 18 heavy (non-hydrogen) atoms. The Bertz CT molecular complexity index is 461. The lowest BCUT2D eigenvalue weighted by molar-refractivity contribution is -0.0991. The van der Waals surface area contributed by atoms with Gasteiger partial charge in [-0.2, -0.15) is 5.26 Å². The molecule has 0 spiro atoms. The van der Waals surface area contributed by atoms with Crippen LogP contribution in [0.3, 0.4) is 0 Å². The van der Waals surface area contributed by atoms with Crippen molar-refractivity contribution >= 4 is 0 Å². The maximum absolute atomic E-state index is 8.90. The van der Waals surface area contributed by atoms with E-state index in [1.807, 2.05) is 12.1 Å². The molecule has 0 aromatic heterocycles. The topological polar surface area (TPSA) is 54.3 Å². The normalized spacial score (nSPS) is 16.7. The first kappa shape index (κ1) is 12.9. The molecule has 0 bridgehead atoms. The van der Waals surface area contributed by atoms with Crippen LogP contribution in [0.25, 0.3) is 0 Å². The summed E-state index contributed by atoms with van der Waals surface area (Å²) in [7, 11) is 1.58. The van der Waals surface area contributed by atoms with Gasteiger partial charge < -0.3 is 14.8 Å². The maximum Gasteiger partial charge on any atom is 0.136 e. The lowest BCUT2D eigenvalue weighted by atomic mass is 9.89. The fraction of sp³-hybridized carbons (Fsp3) is 0.500. The predicted molar refractivity (Wildman–Crippen MR) is 68.3 cm³/mol. The smallest absolute Gasteiger partial charge is 0.136 e. The van der Waals surface area contributed by atoms with Gasteiger partial charge in [0.1, 0.15) is 11.8 Å². The van der Waals surface area contributed by atoms with Crippen molar-refractivity contribution in [3.63, 3.8) is 0 Å². The minimum Gasteiger partial charge on any atom is -0.495 e. The Morgan fingerprint density at radius 1 is 1.50 bits per heavy atom. The molecule has 1 saturated heterocycles. The number of ether oxygens (including phenoxy) is 2. The highest BCUT2D eigenvalue weighted by Gasteiger charge is 2.32. The number of nitriles is 1. The van der Waals surface area contributed by atoms with Gasteiger partial charge in [-0.1, -0.05) is 13.0 Å². The maximum atomic E-state index is 8.90. The molecule has 96 valence electrons. The molecule has 0 aliphatic carbocycles. The number of nitrogens with one attached hydrogen (secondary N) is 1. The van der Waals surface area contributed by atoms with Gasteiger partial charge in [0.05, 0.1) is 25.9 Å².